The molecule has 8 nitrogen and oxygen atoms in total. The van der Waals surface area contributed by atoms with E-state index < -0.39 is 0 Å². The minimum absolute atomic E-state index is 0.0514. The minimum atomic E-state index is -0.260. The van der Waals surface area contributed by atoms with Crippen LogP contribution in [-0.4, -0.2) is 48.3 Å². The molecule has 19 heavy (non-hydrogen) atoms. The summed E-state index contributed by atoms with van der Waals surface area (Å²) in [4.78, 5) is 20.0. The summed E-state index contributed by atoms with van der Waals surface area (Å²) in [5, 5.41) is 8.69. The molecule has 0 aromatic carbocycles. The standard InChI is InChI=1S/C11H17N5O3/c1-3-16-10(18)8-9(13-11(16)12)15(6-14(8)2)7-19-5-4-17/h3,17H,1,4-7H2,2H3,(H2,12,13). The molecule has 0 atom stereocenters. The van der Waals surface area contributed by atoms with E-state index in [2.05, 4.69) is 11.6 Å². The lowest BCUT2D eigenvalue weighted by Crippen LogP contribution is -2.31. The second-order valence-corrected chi connectivity index (χ2v) is 4.14. The number of aliphatic hydroxyl groups excluding tert-OH is 1. The zero-order chi connectivity index (χ0) is 14.0. The maximum atomic E-state index is 12.2. The van der Waals surface area contributed by atoms with E-state index in [9.17, 15) is 4.79 Å². The van der Waals surface area contributed by atoms with E-state index in [-0.39, 0.29) is 31.5 Å². The van der Waals surface area contributed by atoms with Gasteiger partial charge in [0.1, 0.15) is 12.4 Å². The van der Waals surface area contributed by atoms with Gasteiger partial charge in [-0.25, -0.2) is 0 Å². The van der Waals surface area contributed by atoms with E-state index in [1.165, 1.54) is 10.8 Å². The lowest BCUT2D eigenvalue weighted by Gasteiger charge is -2.17. The van der Waals surface area contributed by atoms with Gasteiger partial charge >= 0.3 is 0 Å². The van der Waals surface area contributed by atoms with Crippen molar-refractivity contribution in [2.75, 3.05) is 49.2 Å². The summed E-state index contributed by atoms with van der Waals surface area (Å²) in [7, 11) is 1.79. The summed E-state index contributed by atoms with van der Waals surface area (Å²) in [6, 6.07) is 0. The van der Waals surface area contributed by atoms with E-state index in [1.54, 1.807) is 16.8 Å². The van der Waals surface area contributed by atoms with Crippen LogP contribution in [0.25, 0.3) is 6.20 Å². The molecule has 2 rings (SSSR count). The van der Waals surface area contributed by atoms with E-state index in [4.69, 9.17) is 15.6 Å². The Bertz CT molecular complexity index is 542. The number of aliphatic hydroxyl groups is 1. The maximum absolute atomic E-state index is 12.2. The van der Waals surface area contributed by atoms with Crippen LogP contribution in [-0.2, 0) is 4.74 Å². The van der Waals surface area contributed by atoms with Crippen LogP contribution in [0.2, 0.25) is 0 Å². The monoisotopic (exact) mass is 267 g/mol. The van der Waals surface area contributed by atoms with Gasteiger partial charge in [-0.15, -0.1) is 0 Å². The molecule has 1 aromatic rings. The Kier molecular flexibility index (Phi) is 3.72. The highest BCUT2D eigenvalue weighted by atomic mass is 16.5. The summed E-state index contributed by atoms with van der Waals surface area (Å²) in [6.45, 7) is 4.43. The summed E-state index contributed by atoms with van der Waals surface area (Å²) < 4.78 is 6.45. The molecule has 0 saturated heterocycles. The molecule has 2 heterocycles. The first-order chi connectivity index (χ1) is 9.10. The largest absolute Gasteiger partial charge is 0.394 e. The highest BCUT2D eigenvalue weighted by Crippen LogP contribution is 2.30. The van der Waals surface area contributed by atoms with Crippen LogP contribution in [0.15, 0.2) is 11.4 Å². The minimum Gasteiger partial charge on any atom is -0.394 e. The van der Waals surface area contributed by atoms with Gasteiger partial charge in [-0.3, -0.25) is 9.36 Å². The average molecular weight is 267 g/mol. The van der Waals surface area contributed by atoms with Gasteiger partial charge in [-0.2, -0.15) is 4.98 Å². The lowest BCUT2D eigenvalue weighted by molar-refractivity contribution is 0.0930. The summed E-state index contributed by atoms with van der Waals surface area (Å²) >= 11 is 0. The first kappa shape index (κ1) is 13.4. The van der Waals surface area contributed by atoms with E-state index >= 15 is 0 Å². The zero-order valence-corrected chi connectivity index (χ0v) is 10.7. The zero-order valence-electron chi connectivity index (χ0n) is 10.7. The van der Waals surface area contributed by atoms with Crippen LogP contribution >= 0.6 is 0 Å². The topological polar surface area (TPSA) is 96.9 Å². The van der Waals surface area contributed by atoms with Crippen LogP contribution in [0.5, 0.6) is 0 Å². The summed E-state index contributed by atoms with van der Waals surface area (Å²) in [6.07, 6.45) is 1.34. The first-order valence-corrected chi connectivity index (χ1v) is 5.79. The van der Waals surface area contributed by atoms with Crippen molar-refractivity contribution in [2.24, 2.45) is 0 Å². The van der Waals surface area contributed by atoms with Crippen molar-refractivity contribution in [3.05, 3.63) is 16.9 Å². The Morgan fingerprint density at radius 2 is 2.37 bits per heavy atom. The molecular formula is C11H17N5O3. The number of ether oxygens (including phenoxy) is 1. The number of hydrogen-bond acceptors (Lipinski definition) is 7. The Balaban J connectivity index is 2.37. The van der Waals surface area contributed by atoms with Gasteiger partial charge in [-0.05, 0) is 0 Å². The molecule has 1 aliphatic heterocycles. The van der Waals surface area contributed by atoms with Gasteiger partial charge in [0, 0.05) is 13.2 Å². The summed E-state index contributed by atoms with van der Waals surface area (Å²) in [5.41, 5.74) is 5.92. The fraction of sp³-hybridized carbons (Fsp3) is 0.455. The van der Waals surface area contributed by atoms with Crippen molar-refractivity contribution in [2.45, 2.75) is 0 Å². The van der Waals surface area contributed by atoms with Crippen LogP contribution in [0, 0.1) is 0 Å². The van der Waals surface area contributed by atoms with Crippen molar-refractivity contribution in [3.63, 3.8) is 0 Å². The quantitative estimate of drug-likeness (QED) is 0.668. The van der Waals surface area contributed by atoms with Crippen molar-refractivity contribution in [3.8, 4) is 0 Å². The molecule has 0 unspecified atom stereocenters. The number of hydrogen-bond donors (Lipinski definition) is 2. The predicted octanol–water partition coefficient (Wildman–Crippen LogP) is -0.894. The second kappa shape index (κ2) is 5.29. The van der Waals surface area contributed by atoms with Gasteiger partial charge in [0.15, 0.2) is 5.82 Å². The van der Waals surface area contributed by atoms with Gasteiger partial charge in [-0.1, -0.05) is 6.58 Å². The fourth-order valence-electron chi connectivity index (χ4n) is 2.00. The Labute approximate surface area is 110 Å². The Morgan fingerprint density at radius 3 is 3.00 bits per heavy atom. The van der Waals surface area contributed by atoms with Crippen LogP contribution in [0.3, 0.4) is 0 Å². The van der Waals surface area contributed by atoms with Crippen molar-refractivity contribution < 1.29 is 9.84 Å². The molecule has 104 valence electrons. The van der Waals surface area contributed by atoms with Crippen molar-refractivity contribution in [1.82, 2.24) is 9.55 Å². The average Bonchev–Trinajstić information content (AvgIpc) is 2.67. The molecule has 3 N–H and O–H groups in total. The Morgan fingerprint density at radius 1 is 1.63 bits per heavy atom. The van der Waals surface area contributed by atoms with Gasteiger partial charge < -0.3 is 25.4 Å². The molecule has 0 radical (unpaired) electrons. The molecule has 0 fully saturated rings. The molecule has 8 heteroatoms. The molecular weight excluding hydrogens is 250 g/mol. The number of rotatable bonds is 5. The lowest BCUT2D eigenvalue weighted by atomic mass is 10.4. The van der Waals surface area contributed by atoms with Gasteiger partial charge in [0.05, 0.1) is 19.9 Å². The molecule has 1 aromatic heterocycles. The van der Waals surface area contributed by atoms with E-state index in [0.717, 1.165) is 0 Å². The predicted molar refractivity (Wildman–Crippen MR) is 73.0 cm³/mol. The second-order valence-electron chi connectivity index (χ2n) is 4.14. The number of aromatic nitrogens is 2. The van der Waals surface area contributed by atoms with Gasteiger partial charge in [0.2, 0.25) is 5.95 Å². The van der Waals surface area contributed by atoms with E-state index in [0.29, 0.717) is 18.2 Å². The Hall–Kier alpha value is -2.06. The van der Waals surface area contributed by atoms with Crippen LogP contribution in [0.1, 0.15) is 0 Å². The molecule has 0 bridgehead atoms. The number of nitrogens with zero attached hydrogens (tertiary/aromatic N) is 4. The number of nitrogens with two attached hydrogens (primary N) is 1. The third-order valence-electron chi connectivity index (χ3n) is 2.83. The molecule has 0 spiro atoms. The molecule has 1 aliphatic rings. The third kappa shape index (κ3) is 2.27. The third-order valence-corrected chi connectivity index (χ3v) is 2.83. The smallest absolute Gasteiger partial charge is 0.284 e. The highest BCUT2D eigenvalue weighted by Gasteiger charge is 2.29. The first-order valence-electron chi connectivity index (χ1n) is 5.79. The molecule has 0 amide bonds. The maximum Gasteiger partial charge on any atom is 0.284 e. The van der Waals surface area contributed by atoms with Crippen LogP contribution in [0.4, 0.5) is 17.5 Å². The summed E-state index contributed by atoms with van der Waals surface area (Å²) in [5.74, 6) is 0.572. The van der Waals surface area contributed by atoms with Crippen molar-refractivity contribution >= 4 is 23.7 Å². The SMILES string of the molecule is C=Cn1c(N)nc2c(c1=O)N(C)CN2COCCO. The molecule has 0 aliphatic carbocycles. The number of anilines is 3. The number of nitrogen functional groups attached to an aromatic ring is 1. The van der Waals surface area contributed by atoms with E-state index in [1.807, 2.05) is 0 Å². The highest BCUT2D eigenvalue weighted by molar-refractivity contribution is 5.72. The van der Waals surface area contributed by atoms with Crippen molar-refractivity contribution in [1.29, 1.82) is 0 Å². The fourth-order valence-corrected chi connectivity index (χ4v) is 2.00. The van der Waals surface area contributed by atoms with Gasteiger partial charge in [0.25, 0.3) is 5.56 Å². The molecule has 0 saturated carbocycles. The normalized spacial score (nSPS) is 13.8. The number of fused-ring (bicyclic) bond motifs is 1. The van der Waals surface area contributed by atoms with Crippen LogP contribution < -0.4 is 21.1 Å².